The molecule has 1 aromatic carbocycles. The van der Waals surface area contributed by atoms with Crippen molar-refractivity contribution in [2.24, 2.45) is 0 Å². The number of aromatic nitrogens is 3. The Morgan fingerprint density at radius 2 is 1.94 bits per heavy atom. The number of hydrogen-bond acceptors (Lipinski definition) is 4. The van der Waals surface area contributed by atoms with Crippen LogP contribution in [-0.2, 0) is 10.9 Å². The number of halogens is 5. The highest BCUT2D eigenvalue weighted by Crippen LogP contribution is 2.37. The molecule has 0 N–H and O–H groups in total. The lowest BCUT2D eigenvalue weighted by atomic mass is 10.2. The summed E-state index contributed by atoms with van der Waals surface area (Å²) in [6, 6.07) is 4.89. The fourth-order valence-electron chi connectivity index (χ4n) is 3.45. The molecule has 1 aliphatic rings. The van der Waals surface area contributed by atoms with Crippen LogP contribution in [0.2, 0.25) is 5.02 Å². The average molecular weight is 455 g/mol. The van der Waals surface area contributed by atoms with E-state index in [4.69, 9.17) is 16.3 Å². The zero-order valence-corrected chi connectivity index (χ0v) is 17.0. The minimum Gasteiger partial charge on any atom is -0.446 e. The standard InChI is InChI=1S/C20H15ClF4N4O2/c1-10-5-12(20(23,24)25)6-17(27-10)29-16(9-31-19(29)30)18-26-8-11(2)28(18)13-3-4-15(22)14(21)7-13/h3-8,16H,9H2,1-2H3/t16-/m0/s1. The van der Waals surface area contributed by atoms with Crippen molar-refractivity contribution in [2.45, 2.75) is 26.1 Å². The van der Waals surface area contributed by atoms with Gasteiger partial charge in [0, 0.05) is 23.3 Å². The third-order valence-corrected chi connectivity index (χ3v) is 5.10. The van der Waals surface area contributed by atoms with E-state index in [0.29, 0.717) is 17.2 Å². The Morgan fingerprint density at radius 1 is 1.19 bits per heavy atom. The first-order valence-electron chi connectivity index (χ1n) is 9.08. The van der Waals surface area contributed by atoms with E-state index in [1.54, 1.807) is 11.5 Å². The largest absolute Gasteiger partial charge is 0.446 e. The number of anilines is 1. The highest BCUT2D eigenvalue weighted by atomic mass is 35.5. The molecule has 0 spiro atoms. The summed E-state index contributed by atoms with van der Waals surface area (Å²) in [5.41, 5.74) is 0.278. The summed E-state index contributed by atoms with van der Waals surface area (Å²) in [6.07, 6.45) is -3.93. The minimum absolute atomic E-state index is 0.0908. The van der Waals surface area contributed by atoms with E-state index < -0.39 is 29.7 Å². The number of aryl methyl sites for hydroxylation is 2. The molecular weight excluding hydrogens is 440 g/mol. The van der Waals surface area contributed by atoms with Gasteiger partial charge >= 0.3 is 12.3 Å². The van der Waals surface area contributed by atoms with Gasteiger partial charge in [0.1, 0.15) is 30.1 Å². The summed E-state index contributed by atoms with van der Waals surface area (Å²) in [7, 11) is 0. The molecule has 0 unspecified atom stereocenters. The second-order valence-electron chi connectivity index (χ2n) is 7.01. The van der Waals surface area contributed by atoms with Crippen LogP contribution < -0.4 is 4.90 Å². The van der Waals surface area contributed by atoms with Crippen LogP contribution in [0.15, 0.2) is 36.5 Å². The van der Waals surface area contributed by atoms with Gasteiger partial charge in [-0.15, -0.1) is 0 Å². The lowest BCUT2D eigenvalue weighted by molar-refractivity contribution is -0.137. The van der Waals surface area contributed by atoms with Crippen molar-refractivity contribution < 1.29 is 27.1 Å². The molecule has 0 radical (unpaired) electrons. The van der Waals surface area contributed by atoms with Crippen molar-refractivity contribution in [1.29, 1.82) is 0 Å². The van der Waals surface area contributed by atoms with Gasteiger partial charge in [-0.25, -0.2) is 24.1 Å². The summed E-state index contributed by atoms with van der Waals surface area (Å²) in [5.74, 6) is -0.499. The Balaban J connectivity index is 1.82. The molecule has 1 atom stereocenters. The average Bonchev–Trinajstić information content (AvgIpc) is 3.25. The number of pyridine rings is 1. The summed E-state index contributed by atoms with van der Waals surface area (Å²) in [6.45, 7) is 2.99. The number of hydrogen-bond donors (Lipinski definition) is 0. The molecule has 6 nitrogen and oxygen atoms in total. The first-order valence-corrected chi connectivity index (χ1v) is 9.45. The van der Waals surface area contributed by atoms with E-state index >= 15 is 0 Å². The first-order chi connectivity index (χ1) is 14.6. The Morgan fingerprint density at radius 3 is 2.61 bits per heavy atom. The maximum Gasteiger partial charge on any atom is 0.416 e. The Hall–Kier alpha value is -3.14. The van der Waals surface area contributed by atoms with Crippen molar-refractivity contribution in [1.82, 2.24) is 14.5 Å². The third kappa shape index (κ3) is 3.83. The second-order valence-corrected chi connectivity index (χ2v) is 7.41. The fourth-order valence-corrected chi connectivity index (χ4v) is 3.63. The third-order valence-electron chi connectivity index (χ3n) is 4.81. The smallest absolute Gasteiger partial charge is 0.416 e. The molecule has 4 rings (SSSR count). The predicted molar refractivity (Wildman–Crippen MR) is 104 cm³/mol. The lowest BCUT2D eigenvalue weighted by Gasteiger charge is -2.23. The van der Waals surface area contributed by atoms with Gasteiger partial charge in [-0.3, -0.25) is 4.57 Å². The lowest BCUT2D eigenvalue weighted by Crippen LogP contribution is -2.30. The van der Waals surface area contributed by atoms with Gasteiger partial charge in [-0.2, -0.15) is 13.2 Å². The van der Waals surface area contributed by atoms with Gasteiger partial charge in [0.05, 0.1) is 10.6 Å². The molecular formula is C20H15ClF4N4O2. The van der Waals surface area contributed by atoms with Crippen molar-refractivity contribution in [2.75, 3.05) is 11.5 Å². The number of alkyl halides is 3. The summed E-state index contributed by atoms with van der Waals surface area (Å²) < 4.78 is 60.2. The number of nitrogens with zero attached hydrogens (tertiary/aromatic N) is 4. The number of carbonyl (C=O) groups excluding carboxylic acids is 1. The van der Waals surface area contributed by atoms with Gasteiger partial charge in [0.15, 0.2) is 0 Å². The number of cyclic esters (lactones) is 1. The van der Waals surface area contributed by atoms with E-state index in [1.165, 1.54) is 31.3 Å². The quantitative estimate of drug-likeness (QED) is 0.498. The van der Waals surface area contributed by atoms with E-state index in [1.807, 2.05) is 0 Å². The maximum absolute atomic E-state index is 13.6. The normalized spacial score (nSPS) is 16.7. The maximum atomic E-state index is 13.6. The van der Waals surface area contributed by atoms with Gasteiger partial charge in [-0.1, -0.05) is 11.6 Å². The molecule has 11 heteroatoms. The fraction of sp³-hybridized carbons (Fsp3) is 0.250. The van der Waals surface area contributed by atoms with Crippen molar-refractivity contribution in [3.8, 4) is 5.69 Å². The van der Waals surface area contributed by atoms with Crippen LogP contribution in [0.5, 0.6) is 0 Å². The molecule has 0 aliphatic carbocycles. The minimum atomic E-state index is -4.61. The van der Waals surface area contributed by atoms with Gasteiger partial charge in [-0.05, 0) is 44.2 Å². The Labute approximate surface area is 179 Å². The number of rotatable bonds is 3. The summed E-state index contributed by atoms with van der Waals surface area (Å²) in [4.78, 5) is 21.9. The molecule has 3 heterocycles. The van der Waals surface area contributed by atoms with Crippen LogP contribution in [0.1, 0.15) is 28.8 Å². The van der Waals surface area contributed by atoms with Crippen LogP contribution >= 0.6 is 11.6 Å². The van der Waals surface area contributed by atoms with Crippen molar-refractivity contribution >= 4 is 23.5 Å². The molecule has 1 saturated heterocycles. The summed E-state index contributed by atoms with van der Waals surface area (Å²) in [5, 5.41) is -0.109. The van der Waals surface area contributed by atoms with Crippen LogP contribution in [0.4, 0.5) is 28.2 Å². The molecule has 162 valence electrons. The highest BCUT2D eigenvalue weighted by molar-refractivity contribution is 6.30. The molecule has 0 saturated carbocycles. The van der Waals surface area contributed by atoms with Crippen LogP contribution in [0.3, 0.4) is 0 Å². The number of carbonyl (C=O) groups is 1. The SMILES string of the molecule is Cc1cc(C(F)(F)F)cc(N2C(=O)OC[C@H]2c2ncc(C)n2-c2ccc(F)c(Cl)c2)n1. The molecule has 31 heavy (non-hydrogen) atoms. The van der Waals surface area contributed by atoms with Crippen molar-refractivity contribution in [3.63, 3.8) is 0 Å². The topological polar surface area (TPSA) is 60.3 Å². The number of benzene rings is 1. The zero-order valence-electron chi connectivity index (χ0n) is 16.2. The molecule has 1 fully saturated rings. The number of ether oxygens (including phenoxy) is 1. The molecule has 0 bridgehead atoms. The van der Waals surface area contributed by atoms with E-state index in [0.717, 1.165) is 17.0 Å². The van der Waals surface area contributed by atoms with Crippen LogP contribution in [-0.4, -0.2) is 27.2 Å². The zero-order chi connectivity index (χ0) is 22.5. The molecule has 2 aromatic heterocycles. The Kier molecular flexibility index (Phi) is 5.12. The molecule has 1 amide bonds. The van der Waals surface area contributed by atoms with Gasteiger partial charge < -0.3 is 4.74 Å². The predicted octanol–water partition coefficient (Wildman–Crippen LogP) is 5.39. The van der Waals surface area contributed by atoms with Crippen molar-refractivity contribution in [3.05, 3.63) is 70.1 Å². The van der Waals surface area contributed by atoms with Crippen LogP contribution in [0, 0.1) is 19.7 Å². The van der Waals surface area contributed by atoms with Gasteiger partial charge in [0.25, 0.3) is 0 Å². The first kappa shape index (κ1) is 21.1. The number of amides is 1. The Bertz CT molecular complexity index is 1180. The second kappa shape index (κ2) is 7.52. The van der Waals surface area contributed by atoms with E-state index in [-0.39, 0.29) is 23.1 Å². The summed E-state index contributed by atoms with van der Waals surface area (Å²) >= 11 is 5.91. The molecule has 1 aliphatic heterocycles. The molecule has 3 aromatic rings. The highest BCUT2D eigenvalue weighted by Gasteiger charge is 2.41. The van der Waals surface area contributed by atoms with E-state index in [2.05, 4.69) is 9.97 Å². The van der Waals surface area contributed by atoms with E-state index in [9.17, 15) is 22.4 Å². The van der Waals surface area contributed by atoms with Crippen LogP contribution in [0.25, 0.3) is 5.69 Å². The number of imidazole rings is 1. The van der Waals surface area contributed by atoms with Gasteiger partial charge in [0.2, 0.25) is 0 Å². The monoisotopic (exact) mass is 454 g/mol.